The third-order valence-electron chi connectivity index (χ3n) is 5.44. The van der Waals surface area contributed by atoms with Crippen LogP contribution in [0.1, 0.15) is 16.2 Å². The van der Waals surface area contributed by atoms with Gasteiger partial charge in [0.2, 0.25) is 10.0 Å². The van der Waals surface area contributed by atoms with Gasteiger partial charge < -0.3 is 9.64 Å². The van der Waals surface area contributed by atoms with Crippen molar-refractivity contribution in [3.8, 4) is 5.75 Å². The topological polar surface area (TPSA) is 103 Å². The van der Waals surface area contributed by atoms with Crippen LogP contribution in [0.15, 0.2) is 46.0 Å². The summed E-state index contributed by atoms with van der Waals surface area (Å²) in [6.07, 6.45) is 3.00. The Kier molecular flexibility index (Phi) is 6.80. The maximum absolute atomic E-state index is 12.9. The molecule has 0 spiro atoms. The lowest BCUT2D eigenvalue weighted by Crippen LogP contribution is -2.50. The van der Waals surface area contributed by atoms with Crippen molar-refractivity contribution in [3.05, 3.63) is 57.5 Å². The van der Waals surface area contributed by atoms with Crippen LogP contribution in [0, 0.1) is 6.92 Å². The van der Waals surface area contributed by atoms with Crippen molar-refractivity contribution in [2.45, 2.75) is 18.6 Å². The van der Waals surface area contributed by atoms with E-state index < -0.39 is 10.0 Å². The first-order chi connectivity index (χ1) is 15.7. The molecule has 1 aromatic carbocycles. The number of piperazine rings is 1. The molecule has 0 aliphatic carbocycles. The standard InChI is InChI=1S/C20H22BrClN6O4S/c1-14-19(12-23-25(14)2)33(30,31)28-9-7-26(8-10-28)20(29)17-5-6-27(24-17)13-32-18-4-3-15(21)11-16(18)22/h3-6,11-12H,7-10,13H2,1-2H3. The number of carbonyl (C=O) groups is 1. The minimum Gasteiger partial charge on any atom is -0.470 e. The SMILES string of the molecule is Cc1c(S(=O)(=O)N2CCN(C(=O)c3ccn(COc4ccc(Br)cc4Cl)n3)CC2)cnn1C. The molecule has 0 unspecified atom stereocenters. The second-order valence-electron chi connectivity index (χ2n) is 7.50. The minimum atomic E-state index is -3.66. The number of nitrogens with zero attached hydrogens (tertiary/aromatic N) is 6. The van der Waals surface area contributed by atoms with Crippen molar-refractivity contribution in [3.63, 3.8) is 0 Å². The highest BCUT2D eigenvalue weighted by molar-refractivity contribution is 9.10. The average molecular weight is 558 g/mol. The summed E-state index contributed by atoms with van der Waals surface area (Å²) in [5, 5.41) is 8.76. The van der Waals surface area contributed by atoms with Gasteiger partial charge in [0, 0.05) is 43.9 Å². The van der Waals surface area contributed by atoms with Crippen LogP contribution < -0.4 is 4.74 Å². The number of aryl methyl sites for hydroxylation is 1. The average Bonchev–Trinajstić information content (AvgIpc) is 3.40. The number of ether oxygens (including phenoxy) is 1. The highest BCUT2D eigenvalue weighted by atomic mass is 79.9. The smallest absolute Gasteiger partial charge is 0.274 e. The molecule has 1 saturated heterocycles. The van der Waals surface area contributed by atoms with Gasteiger partial charge in [0.25, 0.3) is 5.91 Å². The first-order valence-electron chi connectivity index (χ1n) is 10.1. The predicted octanol–water partition coefficient (Wildman–Crippen LogP) is 2.52. The first-order valence-corrected chi connectivity index (χ1v) is 12.7. The number of amides is 1. The zero-order valence-corrected chi connectivity index (χ0v) is 21.1. The Morgan fingerprint density at radius 2 is 1.94 bits per heavy atom. The van der Waals surface area contributed by atoms with Gasteiger partial charge >= 0.3 is 0 Å². The normalized spacial score (nSPS) is 15.1. The molecule has 176 valence electrons. The van der Waals surface area contributed by atoms with E-state index in [1.165, 1.54) is 19.9 Å². The largest absolute Gasteiger partial charge is 0.470 e. The zero-order valence-electron chi connectivity index (χ0n) is 18.0. The molecule has 1 amide bonds. The molecule has 1 aliphatic rings. The first kappa shape index (κ1) is 23.7. The van der Waals surface area contributed by atoms with Crippen LogP contribution >= 0.6 is 27.5 Å². The molecule has 1 fully saturated rings. The number of halogens is 2. The summed E-state index contributed by atoms with van der Waals surface area (Å²) in [7, 11) is -1.96. The molecule has 0 atom stereocenters. The Morgan fingerprint density at radius 1 is 1.21 bits per heavy atom. The van der Waals surface area contributed by atoms with Crippen LogP contribution in [0.3, 0.4) is 0 Å². The molecule has 13 heteroatoms. The van der Waals surface area contributed by atoms with E-state index in [0.29, 0.717) is 16.5 Å². The number of benzene rings is 1. The number of aromatic nitrogens is 4. The fraction of sp³-hybridized carbons (Fsp3) is 0.350. The number of hydrogen-bond donors (Lipinski definition) is 0. The Hall–Kier alpha value is -2.41. The summed E-state index contributed by atoms with van der Waals surface area (Å²) in [5.41, 5.74) is 0.839. The third-order valence-corrected chi connectivity index (χ3v) is 8.23. The second kappa shape index (κ2) is 9.45. The van der Waals surface area contributed by atoms with Crippen molar-refractivity contribution in [2.24, 2.45) is 7.05 Å². The molecule has 0 radical (unpaired) electrons. The monoisotopic (exact) mass is 556 g/mol. The predicted molar refractivity (Wildman–Crippen MR) is 125 cm³/mol. The number of sulfonamides is 1. The van der Waals surface area contributed by atoms with Crippen LogP contribution in [0.25, 0.3) is 0 Å². The Balaban J connectivity index is 1.35. The molecule has 33 heavy (non-hydrogen) atoms. The van der Waals surface area contributed by atoms with Crippen LogP contribution in [0.4, 0.5) is 0 Å². The zero-order chi connectivity index (χ0) is 23.8. The highest BCUT2D eigenvalue weighted by Gasteiger charge is 2.33. The van der Waals surface area contributed by atoms with Crippen molar-refractivity contribution < 1.29 is 17.9 Å². The van der Waals surface area contributed by atoms with Crippen LogP contribution in [0.2, 0.25) is 5.02 Å². The van der Waals surface area contributed by atoms with Gasteiger partial charge in [-0.1, -0.05) is 27.5 Å². The van der Waals surface area contributed by atoms with Gasteiger partial charge in [-0.25, -0.2) is 13.1 Å². The van der Waals surface area contributed by atoms with Gasteiger partial charge in [0.1, 0.15) is 10.6 Å². The van der Waals surface area contributed by atoms with Gasteiger partial charge in [0.05, 0.1) is 16.9 Å². The lowest BCUT2D eigenvalue weighted by molar-refractivity contribution is 0.0690. The van der Waals surface area contributed by atoms with Crippen LogP contribution in [0.5, 0.6) is 5.75 Å². The van der Waals surface area contributed by atoms with Crippen LogP contribution in [-0.2, 0) is 23.8 Å². The fourth-order valence-electron chi connectivity index (χ4n) is 3.44. The van der Waals surface area contributed by atoms with E-state index in [-0.39, 0.29) is 49.4 Å². The molecular formula is C20H22BrClN6O4S. The molecule has 2 aromatic heterocycles. The number of rotatable bonds is 6. The lowest BCUT2D eigenvalue weighted by atomic mass is 10.3. The second-order valence-corrected chi connectivity index (χ2v) is 10.7. The summed E-state index contributed by atoms with van der Waals surface area (Å²) < 4.78 is 36.8. The Bertz CT molecular complexity index is 1280. The molecule has 4 rings (SSSR count). The number of hydrogen-bond acceptors (Lipinski definition) is 6. The Morgan fingerprint density at radius 3 is 2.58 bits per heavy atom. The Labute approximate surface area is 204 Å². The van der Waals surface area contributed by atoms with Crippen LogP contribution in [-0.4, -0.2) is 69.3 Å². The maximum atomic E-state index is 12.9. The van der Waals surface area contributed by atoms with E-state index in [1.54, 1.807) is 43.3 Å². The van der Waals surface area contributed by atoms with E-state index in [9.17, 15) is 13.2 Å². The molecule has 10 nitrogen and oxygen atoms in total. The van der Waals surface area contributed by atoms with Gasteiger partial charge in [-0.05, 0) is 31.2 Å². The van der Waals surface area contributed by atoms with E-state index in [0.717, 1.165) is 4.47 Å². The summed E-state index contributed by atoms with van der Waals surface area (Å²) in [6, 6.07) is 6.89. The fourth-order valence-corrected chi connectivity index (χ4v) is 5.78. The molecule has 3 heterocycles. The molecule has 3 aromatic rings. The lowest BCUT2D eigenvalue weighted by Gasteiger charge is -2.33. The molecule has 0 bridgehead atoms. The highest BCUT2D eigenvalue weighted by Crippen LogP contribution is 2.28. The van der Waals surface area contributed by atoms with Gasteiger partial charge in [0.15, 0.2) is 12.4 Å². The summed E-state index contributed by atoms with van der Waals surface area (Å²) in [5.74, 6) is 0.245. The van der Waals surface area contributed by atoms with Gasteiger partial charge in [-0.15, -0.1) is 0 Å². The summed E-state index contributed by atoms with van der Waals surface area (Å²) in [6.45, 7) is 2.75. The molecule has 0 saturated carbocycles. The molecule has 1 aliphatic heterocycles. The van der Waals surface area contributed by atoms with Crippen molar-refractivity contribution in [1.29, 1.82) is 0 Å². The summed E-state index contributed by atoms with van der Waals surface area (Å²) >= 11 is 9.49. The van der Waals surface area contributed by atoms with Gasteiger partial charge in [-0.2, -0.15) is 14.5 Å². The van der Waals surface area contributed by atoms with E-state index in [4.69, 9.17) is 16.3 Å². The van der Waals surface area contributed by atoms with E-state index in [1.807, 2.05) is 6.07 Å². The van der Waals surface area contributed by atoms with E-state index >= 15 is 0 Å². The van der Waals surface area contributed by atoms with E-state index in [2.05, 4.69) is 26.1 Å². The maximum Gasteiger partial charge on any atom is 0.274 e. The molecule has 0 N–H and O–H groups in total. The summed E-state index contributed by atoms with van der Waals surface area (Å²) in [4.78, 5) is 14.7. The number of carbonyl (C=O) groups excluding carboxylic acids is 1. The quantitative estimate of drug-likeness (QED) is 0.462. The van der Waals surface area contributed by atoms with Crippen molar-refractivity contribution in [2.75, 3.05) is 26.2 Å². The molecular weight excluding hydrogens is 536 g/mol. The third kappa shape index (κ3) is 4.93. The van der Waals surface area contributed by atoms with Crippen molar-refractivity contribution >= 4 is 43.5 Å². The minimum absolute atomic E-state index is 0.0884. The van der Waals surface area contributed by atoms with Crippen molar-refractivity contribution in [1.82, 2.24) is 28.8 Å². The van der Waals surface area contributed by atoms with Gasteiger partial charge in [-0.3, -0.25) is 9.48 Å².